The van der Waals surface area contributed by atoms with E-state index >= 15 is 0 Å². The predicted molar refractivity (Wildman–Crippen MR) is 128 cm³/mol. The number of sulfonamides is 1. The summed E-state index contributed by atoms with van der Waals surface area (Å²) in [6.45, 7) is -0.450. The zero-order chi connectivity index (χ0) is 23.3. The van der Waals surface area contributed by atoms with E-state index in [0.29, 0.717) is 26.6 Å². The molecule has 32 heavy (non-hydrogen) atoms. The van der Waals surface area contributed by atoms with Gasteiger partial charge in [0.1, 0.15) is 6.54 Å². The minimum atomic E-state index is -4.11. The molecule has 0 saturated heterocycles. The average molecular weight is 540 g/mol. The molecule has 1 amide bonds. The molecule has 10 heteroatoms. The molecule has 0 aromatic heterocycles. The molecule has 0 saturated carbocycles. The van der Waals surface area contributed by atoms with Gasteiger partial charge in [0.05, 0.1) is 29.8 Å². The monoisotopic (exact) mass is 538 g/mol. The Bertz CT molecular complexity index is 1220. The average Bonchev–Trinajstić information content (AvgIpc) is 2.79. The second-order valence-electron chi connectivity index (χ2n) is 6.54. The molecule has 168 valence electrons. The van der Waals surface area contributed by atoms with Crippen LogP contribution in [-0.4, -0.2) is 35.1 Å². The molecule has 0 bridgehead atoms. The fourth-order valence-electron chi connectivity index (χ4n) is 2.92. The topological polar surface area (TPSA) is 84.9 Å². The molecular formula is C22H20BrClN2O5S. The molecule has 3 aromatic rings. The van der Waals surface area contributed by atoms with Crippen LogP contribution in [0.15, 0.2) is 76.1 Å². The molecule has 0 heterocycles. The number of hydrogen-bond donors (Lipinski definition) is 1. The van der Waals surface area contributed by atoms with Crippen molar-refractivity contribution in [1.29, 1.82) is 0 Å². The lowest BCUT2D eigenvalue weighted by Gasteiger charge is -2.24. The van der Waals surface area contributed by atoms with E-state index in [2.05, 4.69) is 21.2 Å². The number of nitrogens with zero attached hydrogens (tertiary/aromatic N) is 1. The maximum absolute atomic E-state index is 13.5. The number of benzene rings is 3. The number of methoxy groups -OCH3 is 2. The number of amides is 1. The Labute approximate surface area is 200 Å². The van der Waals surface area contributed by atoms with Crippen molar-refractivity contribution >= 4 is 54.8 Å². The van der Waals surface area contributed by atoms with Crippen LogP contribution in [0.25, 0.3) is 0 Å². The Morgan fingerprint density at radius 3 is 2.31 bits per heavy atom. The highest BCUT2D eigenvalue weighted by Crippen LogP contribution is 2.32. The number of rotatable bonds is 8. The predicted octanol–water partition coefficient (Wildman–Crippen LogP) is 4.95. The molecule has 0 atom stereocenters. The van der Waals surface area contributed by atoms with Gasteiger partial charge in [-0.1, -0.05) is 29.8 Å². The maximum atomic E-state index is 13.5. The van der Waals surface area contributed by atoms with Crippen molar-refractivity contribution in [2.75, 3.05) is 30.4 Å². The number of hydrogen-bond acceptors (Lipinski definition) is 5. The van der Waals surface area contributed by atoms with Crippen molar-refractivity contribution in [2.45, 2.75) is 4.90 Å². The molecular weight excluding hydrogens is 520 g/mol. The maximum Gasteiger partial charge on any atom is 0.264 e. The molecule has 1 N–H and O–H groups in total. The zero-order valence-corrected chi connectivity index (χ0v) is 20.4. The van der Waals surface area contributed by atoms with Crippen LogP contribution in [0.4, 0.5) is 11.4 Å². The van der Waals surface area contributed by atoms with Gasteiger partial charge < -0.3 is 14.8 Å². The number of halogens is 2. The third-order valence-electron chi connectivity index (χ3n) is 4.48. The van der Waals surface area contributed by atoms with Gasteiger partial charge >= 0.3 is 0 Å². The van der Waals surface area contributed by atoms with E-state index in [9.17, 15) is 13.2 Å². The quantitative estimate of drug-likeness (QED) is 0.438. The molecule has 0 fully saturated rings. The van der Waals surface area contributed by atoms with Gasteiger partial charge in [0, 0.05) is 16.2 Å². The molecule has 7 nitrogen and oxygen atoms in total. The Morgan fingerprint density at radius 2 is 1.69 bits per heavy atom. The van der Waals surface area contributed by atoms with Crippen LogP contribution in [0.1, 0.15) is 0 Å². The van der Waals surface area contributed by atoms with Crippen molar-refractivity contribution in [3.05, 3.63) is 76.2 Å². The Morgan fingerprint density at radius 1 is 1.00 bits per heavy atom. The Hall–Kier alpha value is -2.75. The van der Waals surface area contributed by atoms with Gasteiger partial charge in [0.25, 0.3) is 10.0 Å². The van der Waals surface area contributed by atoms with Crippen LogP contribution >= 0.6 is 27.5 Å². The van der Waals surface area contributed by atoms with E-state index in [1.165, 1.54) is 32.4 Å². The summed E-state index contributed by atoms with van der Waals surface area (Å²) in [6, 6.07) is 17.5. The minimum absolute atomic E-state index is 0.0431. The first kappa shape index (κ1) is 23.9. The van der Waals surface area contributed by atoms with Crippen LogP contribution in [0, 0.1) is 0 Å². The van der Waals surface area contributed by atoms with Crippen LogP contribution < -0.4 is 19.1 Å². The molecule has 0 aliphatic rings. The first-order chi connectivity index (χ1) is 15.3. The lowest BCUT2D eigenvalue weighted by atomic mass is 10.3. The smallest absolute Gasteiger partial charge is 0.264 e. The summed E-state index contributed by atoms with van der Waals surface area (Å²) in [4.78, 5) is 12.7. The van der Waals surface area contributed by atoms with Gasteiger partial charge in [-0.3, -0.25) is 9.10 Å². The summed E-state index contributed by atoms with van der Waals surface area (Å²) in [5.41, 5.74) is 0.783. The second kappa shape index (κ2) is 10.2. The van der Waals surface area contributed by atoms with Gasteiger partial charge in [-0.25, -0.2) is 8.42 Å². The number of para-hydroxylation sites is 1. The van der Waals surface area contributed by atoms with Crippen LogP contribution in [0.3, 0.4) is 0 Å². The van der Waals surface area contributed by atoms with E-state index in [0.717, 1.165) is 4.31 Å². The van der Waals surface area contributed by atoms with Crippen molar-refractivity contribution < 1.29 is 22.7 Å². The zero-order valence-electron chi connectivity index (χ0n) is 17.2. The third kappa shape index (κ3) is 5.35. The summed E-state index contributed by atoms with van der Waals surface area (Å²) in [5.74, 6) is 0.120. The van der Waals surface area contributed by atoms with Gasteiger partial charge in [0.2, 0.25) is 5.91 Å². The number of ether oxygens (including phenoxy) is 2. The highest BCUT2D eigenvalue weighted by Gasteiger charge is 2.28. The first-order valence-electron chi connectivity index (χ1n) is 9.31. The highest BCUT2D eigenvalue weighted by molar-refractivity contribution is 9.10. The van der Waals surface area contributed by atoms with E-state index in [-0.39, 0.29) is 10.6 Å². The van der Waals surface area contributed by atoms with E-state index < -0.39 is 22.5 Å². The summed E-state index contributed by atoms with van der Waals surface area (Å²) < 4.78 is 39.2. The Balaban J connectivity index is 1.95. The molecule has 0 unspecified atom stereocenters. The summed E-state index contributed by atoms with van der Waals surface area (Å²) in [6.07, 6.45) is 0. The minimum Gasteiger partial charge on any atom is -0.493 e. The van der Waals surface area contributed by atoms with Crippen molar-refractivity contribution in [3.8, 4) is 11.5 Å². The summed E-state index contributed by atoms with van der Waals surface area (Å²) >= 11 is 9.37. The number of nitrogens with one attached hydrogen (secondary N) is 1. The van der Waals surface area contributed by atoms with Crippen LogP contribution in [0.5, 0.6) is 11.5 Å². The van der Waals surface area contributed by atoms with E-state index in [4.69, 9.17) is 21.1 Å². The lowest BCUT2D eigenvalue weighted by molar-refractivity contribution is -0.114. The fourth-order valence-corrected chi connectivity index (χ4v) is 4.78. The lowest BCUT2D eigenvalue weighted by Crippen LogP contribution is -2.38. The molecule has 0 aliphatic carbocycles. The van der Waals surface area contributed by atoms with Crippen molar-refractivity contribution in [3.63, 3.8) is 0 Å². The molecule has 0 spiro atoms. The largest absolute Gasteiger partial charge is 0.493 e. The fraction of sp³-hybridized carbons (Fsp3) is 0.136. The molecule has 0 radical (unpaired) electrons. The molecule has 3 rings (SSSR count). The van der Waals surface area contributed by atoms with E-state index in [1.54, 1.807) is 48.5 Å². The van der Waals surface area contributed by atoms with Gasteiger partial charge in [0.15, 0.2) is 11.5 Å². The molecule has 3 aromatic carbocycles. The third-order valence-corrected chi connectivity index (χ3v) is 7.48. The normalized spacial score (nSPS) is 11.0. The van der Waals surface area contributed by atoms with Gasteiger partial charge in [-0.2, -0.15) is 0 Å². The van der Waals surface area contributed by atoms with Crippen molar-refractivity contribution in [1.82, 2.24) is 0 Å². The Kier molecular flexibility index (Phi) is 7.65. The molecule has 0 aliphatic heterocycles. The number of carbonyl (C=O) groups excluding carboxylic acids is 1. The number of anilines is 2. The summed E-state index contributed by atoms with van der Waals surface area (Å²) in [5, 5.41) is 3.10. The van der Waals surface area contributed by atoms with Gasteiger partial charge in [-0.15, -0.1) is 0 Å². The van der Waals surface area contributed by atoms with E-state index in [1.807, 2.05) is 0 Å². The van der Waals surface area contributed by atoms with Crippen LogP contribution in [-0.2, 0) is 14.8 Å². The van der Waals surface area contributed by atoms with Gasteiger partial charge in [-0.05, 0) is 58.4 Å². The standard InChI is InChI=1S/C22H20BrClN2O5S/c1-30-20-11-9-17(13-21(20)31-2)32(28,29)26(16-6-4-3-5-7-16)14-22(27)25-15-8-10-18(23)19(24)12-15/h3-13H,14H2,1-2H3,(H,25,27). The van der Waals surface area contributed by atoms with Crippen LogP contribution in [0.2, 0.25) is 5.02 Å². The first-order valence-corrected chi connectivity index (χ1v) is 11.9. The number of carbonyl (C=O) groups is 1. The highest BCUT2D eigenvalue weighted by atomic mass is 79.9. The SMILES string of the molecule is COc1ccc(S(=O)(=O)N(CC(=O)Nc2ccc(Br)c(Cl)c2)c2ccccc2)cc1OC. The summed E-state index contributed by atoms with van der Waals surface area (Å²) in [7, 11) is -1.23. The second-order valence-corrected chi connectivity index (χ2v) is 9.66. The van der Waals surface area contributed by atoms with Crippen molar-refractivity contribution in [2.24, 2.45) is 0 Å².